The smallest absolute Gasteiger partial charge is 0.205 e. The molecule has 0 spiro atoms. The molecular formula is C25H21N5O2S. The summed E-state index contributed by atoms with van der Waals surface area (Å²) >= 11 is 1.52. The van der Waals surface area contributed by atoms with Crippen molar-refractivity contribution < 1.29 is 9.15 Å². The second-order valence-corrected chi connectivity index (χ2v) is 8.02. The summed E-state index contributed by atoms with van der Waals surface area (Å²) in [6, 6.07) is 21.7. The summed E-state index contributed by atoms with van der Waals surface area (Å²) < 4.78 is 13.6. The number of hydrogen-bond donors (Lipinski definition) is 0. The second kappa shape index (κ2) is 9.70. The average Bonchev–Trinajstić information content (AvgIpc) is 3.52. The van der Waals surface area contributed by atoms with Crippen LogP contribution in [0.25, 0.3) is 28.4 Å². The minimum atomic E-state index is 0.526. The standard InChI is InChI=1S/C25H21N5O2S/c1-2-31-21-10-8-20(9-11-21)30-24(19-12-14-26-15-13-19)28-29-25(30)33-17-23-27-16-22(32-23)18-6-4-3-5-7-18/h3-16H,2,17H2,1H3. The van der Waals surface area contributed by atoms with Crippen LogP contribution in [0.1, 0.15) is 12.8 Å². The van der Waals surface area contributed by atoms with Gasteiger partial charge < -0.3 is 9.15 Å². The molecule has 5 aromatic rings. The molecule has 8 heteroatoms. The molecule has 3 aromatic heterocycles. The van der Waals surface area contributed by atoms with E-state index in [4.69, 9.17) is 9.15 Å². The molecule has 164 valence electrons. The zero-order valence-corrected chi connectivity index (χ0v) is 18.8. The van der Waals surface area contributed by atoms with Gasteiger partial charge in [-0.15, -0.1) is 10.2 Å². The van der Waals surface area contributed by atoms with Gasteiger partial charge in [-0.05, 0) is 43.3 Å². The number of hydrogen-bond acceptors (Lipinski definition) is 7. The van der Waals surface area contributed by atoms with Crippen molar-refractivity contribution in [2.24, 2.45) is 0 Å². The van der Waals surface area contributed by atoms with Crippen molar-refractivity contribution in [3.8, 4) is 34.1 Å². The molecule has 0 aliphatic carbocycles. The van der Waals surface area contributed by atoms with E-state index in [-0.39, 0.29) is 0 Å². The lowest BCUT2D eigenvalue weighted by Gasteiger charge is -2.11. The van der Waals surface area contributed by atoms with Crippen molar-refractivity contribution in [3.05, 3.63) is 91.2 Å². The number of ether oxygens (including phenoxy) is 1. The van der Waals surface area contributed by atoms with Crippen LogP contribution in [0, 0.1) is 0 Å². The van der Waals surface area contributed by atoms with Gasteiger partial charge in [0.25, 0.3) is 0 Å². The number of aromatic nitrogens is 5. The first-order valence-electron chi connectivity index (χ1n) is 10.5. The highest BCUT2D eigenvalue weighted by Crippen LogP contribution is 2.31. The van der Waals surface area contributed by atoms with E-state index < -0.39 is 0 Å². The molecule has 0 aliphatic heterocycles. The van der Waals surface area contributed by atoms with Crippen molar-refractivity contribution in [3.63, 3.8) is 0 Å². The van der Waals surface area contributed by atoms with Crippen LogP contribution in [0.4, 0.5) is 0 Å². The first-order valence-corrected chi connectivity index (χ1v) is 11.5. The maximum absolute atomic E-state index is 5.96. The van der Waals surface area contributed by atoms with Crippen molar-refractivity contribution >= 4 is 11.8 Å². The molecule has 3 heterocycles. The molecule has 0 fully saturated rings. The quantitative estimate of drug-likeness (QED) is 0.279. The third-order valence-electron chi connectivity index (χ3n) is 4.91. The summed E-state index contributed by atoms with van der Waals surface area (Å²) in [4.78, 5) is 8.55. The van der Waals surface area contributed by atoms with Crippen LogP contribution in [0.5, 0.6) is 5.75 Å². The van der Waals surface area contributed by atoms with Crippen LogP contribution in [0.3, 0.4) is 0 Å². The zero-order chi connectivity index (χ0) is 22.5. The average molecular weight is 456 g/mol. The van der Waals surface area contributed by atoms with Crippen LogP contribution in [-0.4, -0.2) is 31.3 Å². The van der Waals surface area contributed by atoms with Gasteiger partial charge in [0.05, 0.1) is 18.6 Å². The molecule has 0 amide bonds. The molecule has 0 N–H and O–H groups in total. The lowest BCUT2D eigenvalue weighted by molar-refractivity contribution is 0.340. The Labute approximate surface area is 195 Å². The third kappa shape index (κ3) is 4.65. The lowest BCUT2D eigenvalue weighted by Crippen LogP contribution is -2.00. The number of rotatable bonds is 8. The Balaban J connectivity index is 1.44. The molecule has 0 atom stereocenters. The number of pyridine rings is 1. The summed E-state index contributed by atoms with van der Waals surface area (Å²) in [5, 5.41) is 9.67. The number of nitrogens with zero attached hydrogens (tertiary/aromatic N) is 5. The van der Waals surface area contributed by atoms with Gasteiger partial charge in [0.2, 0.25) is 5.89 Å². The molecule has 0 unspecified atom stereocenters. The van der Waals surface area contributed by atoms with Gasteiger partial charge in [0.15, 0.2) is 16.7 Å². The van der Waals surface area contributed by atoms with Gasteiger partial charge in [0, 0.05) is 29.2 Å². The molecule has 0 aliphatic rings. The van der Waals surface area contributed by atoms with Crippen molar-refractivity contribution in [1.82, 2.24) is 24.7 Å². The highest BCUT2D eigenvalue weighted by Gasteiger charge is 2.17. The Bertz CT molecular complexity index is 1320. The Morgan fingerprint density at radius 1 is 0.909 bits per heavy atom. The molecular weight excluding hydrogens is 434 g/mol. The highest BCUT2D eigenvalue weighted by atomic mass is 32.2. The van der Waals surface area contributed by atoms with Crippen molar-refractivity contribution in [2.45, 2.75) is 17.8 Å². The van der Waals surface area contributed by atoms with Gasteiger partial charge in [-0.2, -0.15) is 0 Å². The maximum Gasteiger partial charge on any atom is 0.205 e. The number of thioether (sulfide) groups is 1. The van der Waals surface area contributed by atoms with Gasteiger partial charge in [0.1, 0.15) is 5.75 Å². The molecule has 33 heavy (non-hydrogen) atoms. The van der Waals surface area contributed by atoms with Gasteiger partial charge >= 0.3 is 0 Å². The van der Waals surface area contributed by atoms with Crippen LogP contribution in [0.15, 0.2) is 94.9 Å². The van der Waals surface area contributed by atoms with E-state index in [0.717, 1.165) is 39.3 Å². The molecule has 0 saturated heterocycles. The minimum Gasteiger partial charge on any atom is -0.494 e. The topological polar surface area (TPSA) is 78.9 Å². The summed E-state index contributed by atoms with van der Waals surface area (Å²) in [7, 11) is 0. The Morgan fingerprint density at radius 3 is 2.45 bits per heavy atom. The summed E-state index contributed by atoms with van der Waals surface area (Å²) in [5.74, 6) is 3.46. The first kappa shape index (κ1) is 21.0. The third-order valence-corrected chi connectivity index (χ3v) is 5.83. The Kier molecular flexibility index (Phi) is 6.16. The minimum absolute atomic E-state index is 0.526. The Hall–Kier alpha value is -3.91. The van der Waals surface area contributed by atoms with E-state index in [1.165, 1.54) is 11.8 Å². The second-order valence-electron chi connectivity index (χ2n) is 7.08. The fourth-order valence-corrected chi connectivity index (χ4v) is 4.19. The molecule has 2 aromatic carbocycles. The summed E-state index contributed by atoms with van der Waals surface area (Å²) in [6.45, 7) is 2.59. The van der Waals surface area contributed by atoms with Crippen molar-refractivity contribution in [1.29, 1.82) is 0 Å². The molecule has 0 saturated carbocycles. The fourth-order valence-electron chi connectivity index (χ4n) is 3.38. The monoisotopic (exact) mass is 455 g/mol. The molecule has 0 radical (unpaired) electrons. The van der Waals surface area contributed by atoms with E-state index in [9.17, 15) is 0 Å². The predicted octanol–water partition coefficient (Wildman–Crippen LogP) is 5.68. The fraction of sp³-hybridized carbons (Fsp3) is 0.120. The van der Waals surface area contributed by atoms with E-state index in [2.05, 4.69) is 20.2 Å². The SMILES string of the molecule is CCOc1ccc(-n2c(SCc3ncc(-c4ccccc4)o3)nnc2-c2ccncc2)cc1. The van der Waals surface area contributed by atoms with E-state index in [1.54, 1.807) is 18.6 Å². The molecule has 5 rings (SSSR count). The highest BCUT2D eigenvalue weighted by molar-refractivity contribution is 7.98. The van der Waals surface area contributed by atoms with Crippen LogP contribution < -0.4 is 4.74 Å². The number of oxazole rings is 1. The van der Waals surface area contributed by atoms with Crippen LogP contribution in [0.2, 0.25) is 0 Å². The first-order chi connectivity index (χ1) is 16.3. The zero-order valence-electron chi connectivity index (χ0n) is 18.0. The van der Waals surface area contributed by atoms with Gasteiger partial charge in [-0.3, -0.25) is 9.55 Å². The summed E-state index contributed by atoms with van der Waals surface area (Å²) in [6.07, 6.45) is 5.25. The Morgan fingerprint density at radius 2 is 1.70 bits per heavy atom. The van der Waals surface area contributed by atoms with Crippen molar-refractivity contribution in [2.75, 3.05) is 6.61 Å². The largest absolute Gasteiger partial charge is 0.494 e. The molecule has 0 bridgehead atoms. The molecule has 7 nitrogen and oxygen atoms in total. The van der Waals surface area contributed by atoms with Crippen LogP contribution >= 0.6 is 11.8 Å². The van der Waals surface area contributed by atoms with Gasteiger partial charge in [-0.1, -0.05) is 42.1 Å². The predicted molar refractivity (Wildman–Crippen MR) is 127 cm³/mol. The van der Waals surface area contributed by atoms with E-state index in [0.29, 0.717) is 18.3 Å². The van der Waals surface area contributed by atoms with E-state index in [1.807, 2.05) is 78.2 Å². The van der Waals surface area contributed by atoms with Crippen LogP contribution in [-0.2, 0) is 5.75 Å². The van der Waals surface area contributed by atoms with Gasteiger partial charge in [-0.25, -0.2) is 4.98 Å². The maximum atomic E-state index is 5.96. The van der Waals surface area contributed by atoms with E-state index >= 15 is 0 Å². The number of benzene rings is 2. The lowest BCUT2D eigenvalue weighted by atomic mass is 10.2. The normalized spacial score (nSPS) is 10.9. The summed E-state index contributed by atoms with van der Waals surface area (Å²) in [5.41, 5.74) is 2.87.